The molecule has 5 nitrogen and oxygen atoms in total. The number of hydrogen-bond donors (Lipinski definition) is 0. The fraction of sp³-hybridized carbons (Fsp3) is 0.0233. The second-order valence-electron chi connectivity index (χ2n) is 13.7. The lowest BCUT2D eigenvalue weighted by Gasteiger charge is -2.30. The average molecular weight is 611 g/mol. The van der Waals surface area contributed by atoms with E-state index in [0.29, 0.717) is 0 Å². The van der Waals surface area contributed by atoms with Crippen LogP contribution in [0.2, 0.25) is 0 Å². The largest absolute Gasteiger partial charge is 0.456 e. The predicted octanol–water partition coefficient (Wildman–Crippen LogP) is 8.87. The number of ether oxygens (including phenoxy) is 1. The van der Waals surface area contributed by atoms with Gasteiger partial charge in [-0.05, 0) is 58.6 Å². The van der Waals surface area contributed by atoms with Gasteiger partial charge in [0.25, 0.3) is 5.65 Å². The number of benzene rings is 7. The fourth-order valence-electron chi connectivity index (χ4n) is 10.3. The highest BCUT2D eigenvalue weighted by molar-refractivity contribution is 6.33. The number of fused-ring (bicyclic) bond motifs is 14. The van der Waals surface area contributed by atoms with E-state index in [1.54, 1.807) is 0 Å². The third kappa shape index (κ3) is 2.07. The van der Waals surface area contributed by atoms with Crippen LogP contribution in [0.1, 0.15) is 11.1 Å². The van der Waals surface area contributed by atoms with E-state index in [2.05, 4.69) is 152 Å². The molecule has 3 aliphatic heterocycles. The smallest absolute Gasteiger partial charge is 0.316 e. The zero-order valence-corrected chi connectivity index (χ0v) is 25.4. The number of nitrogens with zero attached hydrogens (tertiary/aromatic N) is 4. The maximum atomic E-state index is 6.99. The number of para-hydroxylation sites is 3. The molecule has 4 aromatic heterocycles. The van der Waals surface area contributed by atoms with Crippen molar-refractivity contribution in [2.45, 2.75) is 5.66 Å². The topological polar surface area (TPSA) is 25.8 Å². The number of hydrogen-bond acceptors (Lipinski definition) is 1. The summed E-state index contributed by atoms with van der Waals surface area (Å²) in [6.07, 6.45) is 4.56. The lowest BCUT2D eigenvalue weighted by Crippen LogP contribution is -2.71. The molecule has 11 aromatic rings. The molecule has 7 aromatic carbocycles. The van der Waals surface area contributed by atoms with Crippen LogP contribution >= 0.6 is 0 Å². The van der Waals surface area contributed by atoms with Crippen LogP contribution in [0.4, 0.5) is 0 Å². The SMILES string of the molecule is c1ccc2c(c1)c1ccccc1c1c2c2ccc3c4c2c2n1c1ccccc1[n+]2C41c2c(ccc4c5ccccc5n5cc[n+]1c5c24)O3. The first-order valence-electron chi connectivity index (χ1n) is 16.6. The standard InChI is InChI=1S/C43H22N4O/c1-3-12-26-23(9-1)24-10-2-4-13-28(24)40-35(26)29-18-20-34-39-37(29)42-46(40)31-15-7-8-16-32(31)47(42)43(39)38-33(48-34)19-17-27-25-11-5-6-14-30(25)44-21-22-45(43)41(44)36(27)38/h1-22H/q+2. The van der Waals surface area contributed by atoms with Crippen LogP contribution in [0.5, 0.6) is 11.5 Å². The van der Waals surface area contributed by atoms with Crippen molar-refractivity contribution in [1.29, 1.82) is 0 Å². The minimum atomic E-state index is -0.657. The summed E-state index contributed by atoms with van der Waals surface area (Å²) in [6.45, 7) is 0. The van der Waals surface area contributed by atoms with Crippen LogP contribution in [0.15, 0.2) is 134 Å². The first-order chi connectivity index (χ1) is 23.9. The molecule has 0 saturated heterocycles. The van der Waals surface area contributed by atoms with E-state index in [1.807, 2.05) is 0 Å². The number of imidazole rings is 2. The predicted molar refractivity (Wildman–Crippen MR) is 189 cm³/mol. The molecule has 14 rings (SSSR count). The molecule has 48 heavy (non-hydrogen) atoms. The molecular formula is C43H22N4O+2. The molecule has 0 N–H and O–H groups in total. The monoisotopic (exact) mass is 610 g/mol. The first-order valence-corrected chi connectivity index (χ1v) is 16.6. The van der Waals surface area contributed by atoms with E-state index >= 15 is 0 Å². The van der Waals surface area contributed by atoms with Gasteiger partial charge in [-0.2, -0.15) is 17.9 Å². The second kappa shape index (κ2) is 7.09. The zero-order valence-electron chi connectivity index (χ0n) is 25.4. The summed E-state index contributed by atoms with van der Waals surface area (Å²) in [4.78, 5) is 0. The molecule has 0 radical (unpaired) electrons. The maximum Gasteiger partial charge on any atom is 0.316 e. The Bertz CT molecular complexity index is 3440. The van der Waals surface area contributed by atoms with E-state index in [-0.39, 0.29) is 0 Å². The molecule has 0 bridgehead atoms. The highest BCUT2D eigenvalue weighted by Gasteiger charge is 2.66. The summed E-state index contributed by atoms with van der Waals surface area (Å²) in [5.74, 6) is 1.86. The van der Waals surface area contributed by atoms with Crippen LogP contribution in [-0.2, 0) is 5.66 Å². The Hall–Kier alpha value is -6.46. The van der Waals surface area contributed by atoms with Gasteiger partial charge in [-0.3, -0.25) is 0 Å². The van der Waals surface area contributed by atoms with Gasteiger partial charge < -0.3 is 4.74 Å². The van der Waals surface area contributed by atoms with Crippen molar-refractivity contribution in [2.75, 3.05) is 0 Å². The highest BCUT2D eigenvalue weighted by atomic mass is 16.5. The Balaban J connectivity index is 1.36. The molecule has 1 atom stereocenters. The van der Waals surface area contributed by atoms with Gasteiger partial charge in [0.15, 0.2) is 11.0 Å². The van der Waals surface area contributed by atoms with Crippen molar-refractivity contribution < 1.29 is 13.9 Å². The average Bonchev–Trinajstić information content (AvgIpc) is 3.89. The Morgan fingerprint density at radius 2 is 1.10 bits per heavy atom. The highest BCUT2D eigenvalue weighted by Crippen LogP contribution is 2.58. The molecule has 0 amide bonds. The first kappa shape index (κ1) is 23.0. The van der Waals surface area contributed by atoms with E-state index < -0.39 is 5.66 Å². The Morgan fingerprint density at radius 3 is 1.92 bits per heavy atom. The molecule has 1 unspecified atom stereocenters. The van der Waals surface area contributed by atoms with Crippen LogP contribution in [0.25, 0.3) is 87.2 Å². The van der Waals surface area contributed by atoms with Gasteiger partial charge in [0.05, 0.1) is 10.8 Å². The summed E-state index contributed by atoms with van der Waals surface area (Å²) >= 11 is 0. The van der Waals surface area contributed by atoms with Gasteiger partial charge >= 0.3 is 11.3 Å². The Kier molecular flexibility index (Phi) is 3.39. The minimum Gasteiger partial charge on any atom is -0.456 e. The third-order valence-electron chi connectivity index (χ3n) is 11.8. The van der Waals surface area contributed by atoms with Crippen LogP contribution in [0.3, 0.4) is 0 Å². The van der Waals surface area contributed by atoms with Gasteiger partial charge in [0, 0.05) is 26.9 Å². The summed E-state index contributed by atoms with van der Waals surface area (Å²) in [6, 6.07) is 44.7. The van der Waals surface area contributed by atoms with Crippen molar-refractivity contribution in [1.82, 2.24) is 8.80 Å². The summed E-state index contributed by atoms with van der Waals surface area (Å²) in [5.41, 5.74) is 9.12. The Labute approximate surface area is 271 Å². The van der Waals surface area contributed by atoms with Crippen LogP contribution in [0, 0.1) is 0 Å². The molecule has 0 saturated carbocycles. The molecule has 0 fully saturated rings. The molecule has 0 aliphatic carbocycles. The minimum absolute atomic E-state index is 0.657. The van der Waals surface area contributed by atoms with Crippen molar-refractivity contribution in [3.63, 3.8) is 0 Å². The number of pyridine rings is 2. The second-order valence-corrected chi connectivity index (χ2v) is 13.7. The van der Waals surface area contributed by atoms with Crippen LogP contribution in [-0.4, -0.2) is 8.80 Å². The molecule has 218 valence electrons. The fourth-order valence-corrected chi connectivity index (χ4v) is 10.3. The van der Waals surface area contributed by atoms with Gasteiger partial charge in [-0.1, -0.05) is 78.9 Å². The molecule has 3 aliphatic rings. The van der Waals surface area contributed by atoms with Crippen molar-refractivity contribution in [3.8, 4) is 11.5 Å². The molecular weight excluding hydrogens is 589 g/mol. The molecule has 1 spiro atoms. The summed E-state index contributed by atoms with van der Waals surface area (Å²) in [5, 5.41) is 12.7. The third-order valence-corrected chi connectivity index (χ3v) is 11.8. The molecule has 5 heteroatoms. The van der Waals surface area contributed by atoms with E-state index in [1.165, 1.54) is 98.4 Å². The maximum absolute atomic E-state index is 6.99. The Morgan fingerprint density at radius 1 is 0.500 bits per heavy atom. The summed E-state index contributed by atoms with van der Waals surface area (Å²) < 4.78 is 17.2. The quantitative estimate of drug-likeness (QED) is 0.124. The van der Waals surface area contributed by atoms with Crippen molar-refractivity contribution in [3.05, 3.63) is 145 Å². The van der Waals surface area contributed by atoms with Gasteiger partial charge in [-0.25, -0.2) is 0 Å². The number of aromatic nitrogens is 4. The van der Waals surface area contributed by atoms with Crippen molar-refractivity contribution >= 4 is 87.2 Å². The van der Waals surface area contributed by atoms with E-state index in [0.717, 1.165) is 11.5 Å². The van der Waals surface area contributed by atoms with E-state index in [9.17, 15) is 0 Å². The van der Waals surface area contributed by atoms with Gasteiger partial charge in [0.2, 0.25) is 0 Å². The van der Waals surface area contributed by atoms with Crippen LogP contribution < -0.4 is 13.9 Å². The van der Waals surface area contributed by atoms with Crippen molar-refractivity contribution in [2.24, 2.45) is 0 Å². The summed E-state index contributed by atoms with van der Waals surface area (Å²) in [7, 11) is 0. The van der Waals surface area contributed by atoms with Gasteiger partial charge in [-0.15, -0.1) is 0 Å². The lowest BCUT2D eigenvalue weighted by molar-refractivity contribution is -0.934. The number of rotatable bonds is 0. The lowest BCUT2D eigenvalue weighted by atomic mass is 9.84. The van der Waals surface area contributed by atoms with Gasteiger partial charge in [0.1, 0.15) is 46.1 Å². The molecule has 7 heterocycles. The van der Waals surface area contributed by atoms with E-state index in [4.69, 9.17) is 4.74 Å². The normalized spacial score (nSPS) is 17.0. The zero-order chi connectivity index (χ0) is 30.6.